The lowest BCUT2D eigenvalue weighted by molar-refractivity contribution is 0.660. The van der Waals surface area contributed by atoms with Gasteiger partial charge in [0.1, 0.15) is 5.65 Å². The van der Waals surface area contributed by atoms with Crippen LogP contribution in [0.5, 0.6) is 0 Å². The number of rotatable bonds is 3. The summed E-state index contributed by atoms with van der Waals surface area (Å²) in [6, 6.07) is 13.8. The van der Waals surface area contributed by atoms with Crippen LogP contribution >= 0.6 is 0 Å². The third-order valence-corrected chi connectivity index (χ3v) is 4.11. The maximum Gasteiger partial charge on any atom is 0.137 e. The lowest BCUT2D eigenvalue weighted by Crippen LogP contribution is -1.92. The Morgan fingerprint density at radius 1 is 1.04 bits per heavy atom. The van der Waals surface area contributed by atoms with Crippen molar-refractivity contribution in [3.8, 4) is 28.5 Å². The van der Waals surface area contributed by atoms with Crippen molar-refractivity contribution in [2.45, 2.75) is 13.5 Å². The first-order valence-corrected chi connectivity index (χ1v) is 7.79. The third kappa shape index (κ3) is 2.34. The highest BCUT2D eigenvalue weighted by atomic mass is 15.3. The Bertz CT molecular complexity index is 1050. The Kier molecular flexibility index (Phi) is 3.36. The van der Waals surface area contributed by atoms with Crippen LogP contribution in [0.3, 0.4) is 0 Å². The molecular formula is C19H15N5. The van der Waals surface area contributed by atoms with E-state index in [1.807, 2.05) is 53.7 Å². The number of pyridine rings is 1. The minimum absolute atomic E-state index is 0.655. The number of aryl methyl sites for hydroxylation is 1. The highest BCUT2D eigenvalue weighted by Gasteiger charge is 2.08. The summed E-state index contributed by atoms with van der Waals surface area (Å²) in [6.07, 6.45) is 7.79. The summed E-state index contributed by atoms with van der Waals surface area (Å²) in [5, 5.41) is 13.2. The van der Waals surface area contributed by atoms with Gasteiger partial charge in [0.25, 0.3) is 0 Å². The molecule has 4 rings (SSSR count). The van der Waals surface area contributed by atoms with Gasteiger partial charge in [0, 0.05) is 30.1 Å². The Morgan fingerprint density at radius 2 is 1.88 bits per heavy atom. The molecule has 3 heterocycles. The molecule has 0 saturated carbocycles. The largest absolute Gasteiger partial charge is 0.300 e. The first kappa shape index (κ1) is 14.2. The van der Waals surface area contributed by atoms with E-state index in [9.17, 15) is 0 Å². The molecule has 24 heavy (non-hydrogen) atoms. The summed E-state index contributed by atoms with van der Waals surface area (Å²) >= 11 is 0. The third-order valence-electron chi connectivity index (χ3n) is 4.11. The molecule has 0 saturated heterocycles. The number of imidazole rings is 1. The first-order valence-electron chi connectivity index (χ1n) is 7.79. The smallest absolute Gasteiger partial charge is 0.137 e. The molecule has 0 aliphatic heterocycles. The number of nitrogens with zero attached hydrogens (tertiary/aromatic N) is 5. The van der Waals surface area contributed by atoms with E-state index >= 15 is 0 Å². The molecule has 5 heteroatoms. The SMILES string of the molecule is CCn1cc(-c2ccn3c(-c4ccc(C#N)cc4)cnc3c2)cn1. The van der Waals surface area contributed by atoms with Crippen LogP contribution in [0.4, 0.5) is 0 Å². The zero-order valence-electron chi connectivity index (χ0n) is 13.2. The van der Waals surface area contributed by atoms with Gasteiger partial charge in [0.05, 0.1) is 29.7 Å². The second-order valence-electron chi connectivity index (χ2n) is 5.56. The number of hydrogen-bond acceptors (Lipinski definition) is 3. The number of nitriles is 1. The molecule has 0 fully saturated rings. The average molecular weight is 313 g/mol. The molecule has 0 amide bonds. The zero-order valence-corrected chi connectivity index (χ0v) is 13.2. The summed E-state index contributed by atoms with van der Waals surface area (Å²) in [4.78, 5) is 4.52. The summed E-state index contributed by atoms with van der Waals surface area (Å²) in [5.41, 5.74) is 5.76. The zero-order chi connectivity index (χ0) is 16.5. The van der Waals surface area contributed by atoms with Crippen molar-refractivity contribution >= 4 is 5.65 Å². The molecule has 0 radical (unpaired) electrons. The summed E-state index contributed by atoms with van der Waals surface area (Å²) in [6.45, 7) is 2.92. The molecule has 0 aliphatic rings. The monoisotopic (exact) mass is 313 g/mol. The van der Waals surface area contributed by atoms with Crippen molar-refractivity contribution in [2.24, 2.45) is 0 Å². The van der Waals surface area contributed by atoms with Gasteiger partial charge in [0.2, 0.25) is 0 Å². The van der Waals surface area contributed by atoms with E-state index < -0.39 is 0 Å². The van der Waals surface area contributed by atoms with Crippen molar-refractivity contribution in [1.82, 2.24) is 19.2 Å². The van der Waals surface area contributed by atoms with Gasteiger partial charge in [0.15, 0.2) is 0 Å². The van der Waals surface area contributed by atoms with Crippen molar-refractivity contribution in [3.63, 3.8) is 0 Å². The highest BCUT2D eigenvalue weighted by Crippen LogP contribution is 2.25. The van der Waals surface area contributed by atoms with Gasteiger partial charge in [-0.05, 0) is 36.8 Å². The van der Waals surface area contributed by atoms with Crippen LogP contribution in [0.2, 0.25) is 0 Å². The molecular weight excluding hydrogens is 298 g/mol. The molecule has 0 unspecified atom stereocenters. The van der Waals surface area contributed by atoms with Crippen LogP contribution in [0.15, 0.2) is 61.2 Å². The quantitative estimate of drug-likeness (QED) is 0.578. The molecule has 0 spiro atoms. The fraction of sp³-hybridized carbons (Fsp3) is 0.105. The minimum Gasteiger partial charge on any atom is -0.300 e. The Balaban J connectivity index is 1.76. The van der Waals surface area contributed by atoms with Crippen LogP contribution in [-0.4, -0.2) is 19.2 Å². The van der Waals surface area contributed by atoms with Crippen LogP contribution in [0.1, 0.15) is 12.5 Å². The topological polar surface area (TPSA) is 58.9 Å². The number of fused-ring (bicyclic) bond motifs is 1. The molecule has 0 aliphatic carbocycles. The fourth-order valence-electron chi connectivity index (χ4n) is 2.77. The van der Waals surface area contributed by atoms with E-state index in [0.29, 0.717) is 5.56 Å². The van der Waals surface area contributed by atoms with Crippen molar-refractivity contribution in [1.29, 1.82) is 5.26 Å². The van der Waals surface area contributed by atoms with Crippen molar-refractivity contribution in [3.05, 3.63) is 66.7 Å². The van der Waals surface area contributed by atoms with E-state index in [4.69, 9.17) is 5.26 Å². The second kappa shape index (κ2) is 5.67. The van der Waals surface area contributed by atoms with Gasteiger partial charge in [-0.1, -0.05) is 12.1 Å². The second-order valence-corrected chi connectivity index (χ2v) is 5.56. The predicted molar refractivity (Wildman–Crippen MR) is 92.2 cm³/mol. The molecule has 0 bridgehead atoms. The van der Waals surface area contributed by atoms with E-state index in [-0.39, 0.29) is 0 Å². The highest BCUT2D eigenvalue weighted by molar-refractivity contribution is 5.70. The number of benzene rings is 1. The van der Waals surface area contributed by atoms with Crippen LogP contribution in [0, 0.1) is 11.3 Å². The fourth-order valence-corrected chi connectivity index (χ4v) is 2.77. The molecule has 0 N–H and O–H groups in total. The molecule has 4 aromatic rings. The minimum atomic E-state index is 0.655. The molecule has 1 aromatic carbocycles. The Labute approximate surface area is 139 Å². The van der Waals surface area contributed by atoms with Gasteiger partial charge in [-0.2, -0.15) is 10.4 Å². The molecule has 5 nitrogen and oxygen atoms in total. The predicted octanol–water partition coefficient (Wildman–Crippen LogP) is 3.76. The van der Waals surface area contributed by atoms with Crippen molar-refractivity contribution in [2.75, 3.05) is 0 Å². The summed E-state index contributed by atoms with van der Waals surface area (Å²) in [5.74, 6) is 0. The summed E-state index contributed by atoms with van der Waals surface area (Å²) in [7, 11) is 0. The van der Waals surface area contributed by atoms with Gasteiger partial charge >= 0.3 is 0 Å². The molecule has 3 aromatic heterocycles. The van der Waals surface area contributed by atoms with E-state index in [1.54, 1.807) is 0 Å². The molecule has 0 atom stereocenters. The Hall–Kier alpha value is -3.39. The lowest BCUT2D eigenvalue weighted by atomic mass is 10.1. The maximum absolute atomic E-state index is 8.91. The van der Waals surface area contributed by atoms with Gasteiger partial charge in [-0.15, -0.1) is 0 Å². The first-order chi connectivity index (χ1) is 11.8. The van der Waals surface area contributed by atoms with Gasteiger partial charge < -0.3 is 0 Å². The van der Waals surface area contributed by atoms with E-state index in [0.717, 1.165) is 34.6 Å². The van der Waals surface area contributed by atoms with Crippen LogP contribution < -0.4 is 0 Å². The van der Waals surface area contributed by atoms with Crippen LogP contribution in [-0.2, 0) is 6.54 Å². The van der Waals surface area contributed by atoms with Gasteiger partial charge in [-0.25, -0.2) is 4.98 Å². The number of hydrogen-bond donors (Lipinski definition) is 0. The lowest BCUT2D eigenvalue weighted by Gasteiger charge is -2.04. The normalized spacial score (nSPS) is 10.8. The summed E-state index contributed by atoms with van der Waals surface area (Å²) < 4.78 is 3.96. The molecule has 116 valence electrons. The maximum atomic E-state index is 8.91. The van der Waals surface area contributed by atoms with E-state index in [1.165, 1.54) is 0 Å². The van der Waals surface area contributed by atoms with Gasteiger partial charge in [-0.3, -0.25) is 9.08 Å². The van der Waals surface area contributed by atoms with E-state index in [2.05, 4.69) is 39.6 Å². The average Bonchev–Trinajstić information content (AvgIpc) is 3.28. The standard InChI is InChI=1S/C19H15N5/c1-2-23-13-17(11-22-23)16-7-8-24-18(12-21-19(24)9-16)15-5-3-14(10-20)4-6-15/h3-9,11-13H,2H2,1H3. The Morgan fingerprint density at radius 3 is 2.58 bits per heavy atom. The van der Waals surface area contributed by atoms with Crippen LogP contribution in [0.25, 0.3) is 28.0 Å². The van der Waals surface area contributed by atoms with Crippen molar-refractivity contribution < 1.29 is 0 Å². The number of aromatic nitrogens is 4.